The van der Waals surface area contributed by atoms with Gasteiger partial charge < -0.3 is 20.3 Å². The quantitative estimate of drug-likeness (QED) is 0.765. The summed E-state index contributed by atoms with van der Waals surface area (Å²) in [4.78, 5) is 23.1. The minimum atomic E-state index is 0.211. The lowest BCUT2D eigenvalue weighted by molar-refractivity contribution is -0.128. The molecule has 3 heterocycles. The summed E-state index contributed by atoms with van der Waals surface area (Å²) in [6.07, 6.45) is 7.14. The molecule has 27 heavy (non-hydrogen) atoms. The molecule has 4 rings (SSSR count). The molecule has 1 aromatic heterocycles. The zero-order chi connectivity index (χ0) is 18.8. The van der Waals surface area contributed by atoms with Crippen molar-refractivity contribution in [1.29, 1.82) is 0 Å². The van der Waals surface area contributed by atoms with Gasteiger partial charge in [-0.25, -0.2) is 4.98 Å². The van der Waals surface area contributed by atoms with Crippen LogP contribution in [0, 0.1) is 11.8 Å². The number of carbonyl (C=O) groups is 1. The second kappa shape index (κ2) is 8.00. The van der Waals surface area contributed by atoms with E-state index in [0.717, 1.165) is 38.4 Å². The van der Waals surface area contributed by atoms with Crippen molar-refractivity contribution in [2.75, 3.05) is 30.3 Å². The average Bonchev–Trinajstić information content (AvgIpc) is 3.43. The maximum absolute atomic E-state index is 12.1. The van der Waals surface area contributed by atoms with Gasteiger partial charge >= 0.3 is 0 Å². The third-order valence-corrected chi connectivity index (χ3v) is 5.79. The lowest BCUT2D eigenvalue weighted by atomic mass is 9.94. The Hall–Kier alpha value is -1.89. The van der Waals surface area contributed by atoms with Crippen molar-refractivity contribution in [3.05, 3.63) is 12.3 Å². The summed E-state index contributed by atoms with van der Waals surface area (Å²) >= 11 is 0. The van der Waals surface area contributed by atoms with Crippen molar-refractivity contribution in [2.45, 2.75) is 64.1 Å². The first kappa shape index (κ1) is 18.5. The van der Waals surface area contributed by atoms with Gasteiger partial charge in [0.15, 0.2) is 0 Å². The fraction of sp³-hybridized carbons (Fsp3) is 0.750. The van der Waals surface area contributed by atoms with Crippen LogP contribution in [0.25, 0.3) is 0 Å². The van der Waals surface area contributed by atoms with Crippen LogP contribution in [0.15, 0.2) is 12.3 Å². The highest BCUT2D eigenvalue weighted by molar-refractivity contribution is 5.79. The number of likely N-dealkylation sites (tertiary alicyclic amines) is 1. The van der Waals surface area contributed by atoms with Gasteiger partial charge in [0.1, 0.15) is 5.82 Å². The van der Waals surface area contributed by atoms with E-state index in [4.69, 9.17) is 4.74 Å². The number of rotatable bonds is 7. The summed E-state index contributed by atoms with van der Waals surface area (Å²) in [5.74, 6) is 2.57. The van der Waals surface area contributed by atoms with Crippen LogP contribution in [0.4, 0.5) is 11.8 Å². The van der Waals surface area contributed by atoms with E-state index in [2.05, 4.69) is 39.3 Å². The molecule has 3 fully saturated rings. The standard InChI is InChI=1S/C20H31N5O2/c1-13(2)19-16(4-3-9-27-19)23-17-7-8-21-20(24-17)22-11-14-10-18(26)25(12-14)15-5-6-15/h7-8,13-16,19H,3-6,9-12H2,1-2H3,(H2,21,22,23,24)/t14-,16-,19-/m0/s1. The molecule has 2 N–H and O–H groups in total. The first-order chi connectivity index (χ1) is 13.1. The highest BCUT2D eigenvalue weighted by Gasteiger charge is 2.39. The predicted octanol–water partition coefficient (Wildman–Crippen LogP) is 2.51. The number of ether oxygens (including phenoxy) is 1. The third-order valence-electron chi connectivity index (χ3n) is 5.79. The molecule has 2 saturated heterocycles. The van der Waals surface area contributed by atoms with Crippen LogP contribution in [0.2, 0.25) is 0 Å². The molecule has 1 saturated carbocycles. The minimum Gasteiger partial charge on any atom is -0.376 e. The maximum atomic E-state index is 12.1. The summed E-state index contributed by atoms with van der Waals surface area (Å²) in [6, 6.07) is 2.70. The molecule has 3 atom stereocenters. The number of amides is 1. The van der Waals surface area contributed by atoms with Crippen molar-refractivity contribution in [1.82, 2.24) is 14.9 Å². The molecule has 1 amide bonds. The molecule has 1 aromatic rings. The summed E-state index contributed by atoms with van der Waals surface area (Å²) in [6.45, 7) is 6.84. The van der Waals surface area contributed by atoms with Crippen LogP contribution in [0.3, 0.4) is 0 Å². The zero-order valence-electron chi connectivity index (χ0n) is 16.4. The van der Waals surface area contributed by atoms with E-state index in [0.29, 0.717) is 36.2 Å². The molecule has 0 bridgehead atoms. The van der Waals surface area contributed by atoms with Gasteiger partial charge in [-0.15, -0.1) is 0 Å². The average molecular weight is 374 g/mol. The lowest BCUT2D eigenvalue weighted by Gasteiger charge is -2.35. The summed E-state index contributed by atoms with van der Waals surface area (Å²) in [5, 5.41) is 6.87. The zero-order valence-corrected chi connectivity index (χ0v) is 16.4. The highest BCUT2D eigenvalue weighted by Crippen LogP contribution is 2.32. The smallest absolute Gasteiger partial charge is 0.224 e. The number of hydrogen-bond donors (Lipinski definition) is 2. The van der Waals surface area contributed by atoms with Crippen LogP contribution in [-0.4, -0.2) is 58.7 Å². The molecule has 0 aromatic carbocycles. The number of nitrogens with zero attached hydrogens (tertiary/aromatic N) is 3. The van der Waals surface area contributed by atoms with E-state index in [1.165, 1.54) is 12.8 Å². The Balaban J connectivity index is 1.31. The largest absolute Gasteiger partial charge is 0.376 e. The van der Waals surface area contributed by atoms with E-state index >= 15 is 0 Å². The monoisotopic (exact) mass is 373 g/mol. The van der Waals surface area contributed by atoms with Gasteiger partial charge in [0.25, 0.3) is 0 Å². The maximum Gasteiger partial charge on any atom is 0.224 e. The van der Waals surface area contributed by atoms with E-state index in [-0.39, 0.29) is 12.1 Å². The fourth-order valence-electron chi connectivity index (χ4n) is 4.25. The van der Waals surface area contributed by atoms with Crippen LogP contribution < -0.4 is 10.6 Å². The van der Waals surface area contributed by atoms with Crippen LogP contribution in [0.5, 0.6) is 0 Å². The molecule has 7 heteroatoms. The molecule has 2 aliphatic heterocycles. The van der Waals surface area contributed by atoms with Gasteiger partial charge in [-0.1, -0.05) is 13.8 Å². The van der Waals surface area contributed by atoms with Crippen molar-refractivity contribution in [2.24, 2.45) is 11.8 Å². The summed E-state index contributed by atoms with van der Waals surface area (Å²) < 4.78 is 5.96. The van der Waals surface area contributed by atoms with Gasteiger partial charge in [0.05, 0.1) is 12.1 Å². The topological polar surface area (TPSA) is 79.4 Å². The summed E-state index contributed by atoms with van der Waals surface area (Å²) in [7, 11) is 0. The van der Waals surface area contributed by atoms with Crippen molar-refractivity contribution in [3.63, 3.8) is 0 Å². The Labute approximate surface area is 161 Å². The molecule has 7 nitrogen and oxygen atoms in total. The second-order valence-electron chi connectivity index (χ2n) is 8.47. The Morgan fingerprint density at radius 3 is 2.96 bits per heavy atom. The molecular formula is C20H31N5O2. The van der Waals surface area contributed by atoms with Gasteiger partial charge in [-0.3, -0.25) is 4.79 Å². The van der Waals surface area contributed by atoms with E-state index in [1.54, 1.807) is 6.20 Å². The highest BCUT2D eigenvalue weighted by atomic mass is 16.5. The van der Waals surface area contributed by atoms with E-state index in [9.17, 15) is 4.79 Å². The number of carbonyl (C=O) groups excluding carboxylic acids is 1. The molecule has 3 aliphatic rings. The van der Waals surface area contributed by atoms with E-state index < -0.39 is 0 Å². The Morgan fingerprint density at radius 2 is 2.19 bits per heavy atom. The van der Waals surface area contributed by atoms with Gasteiger partial charge in [0, 0.05) is 44.3 Å². The molecule has 1 aliphatic carbocycles. The molecule has 148 valence electrons. The third kappa shape index (κ3) is 4.51. The van der Waals surface area contributed by atoms with Crippen LogP contribution in [0.1, 0.15) is 46.0 Å². The lowest BCUT2D eigenvalue weighted by Crippen LogP contribution is -2.43. The molecule has 0 radical (unpaired) electrons. The Bertz CT molecular complexity index is 664. The number of hydrogen-bond acceptors (Lipinski definition) is 6. The molecular weight excluding hydrogens is 342 g/mol. The van der Waals surface area contributed by atoms with Gasteiger partial charge in [-0.05, 0) is 37.7 Å². The Morgan fingerprint density at radius 1 is 1.33 bits per heavy atom. The van der Waals surface area contributed by atoms with Crippen molar-refractivity contribution in [3.8, 4) is 0 Å². The second-order valence-corrected chi connectivity index (χ2v) is 8.47. The summed E-state index contributed by atoms with van der Waals surface area (Å²) in [5.41, 5.74) is 0. The van der Waals surface area contributed by atoms with Crippen molar-refractivity contribution >= 4 is 17.7 Å². The number of anilines is 2. The fourth-order valence-corrected chi connectivity index (χ4v) is 4.25. The SMILES string of the molecule is CC(C)[C@@H]1OCCC[C@@H]1Nc1ccnc(NC[C@@H]2CC(=O)N(C3CC3)C2)n1. The van der Waals surface area contributed by atoms with Gasteiger partial charge in [-0.2, -0.15) is 4.98 Å². The number of aromatic nitrogens is 2. The molecule has 0 unspecified atom stereocenters. The predicted molar refractivity (Wildman–Crippen MR) is 105 cm³/mol. The van der Waals surface area contributed by atoms with Crippen LogP contribution >= 0.6 is 0 Å². The molecule has 0 spiro atoms. The minimum absolute atomic E-state index is 0.211. The Kier molecular flexibility index (Phi) is 5.48. The van der Waals surface area contributed by atoms with Crippen LogP contribution in [-0.2, 0) is 9.53 Å². The first-order valence-corrected chi connectivity index (χ1v) is 10.3. The van der Waals surface area contributed by atoms with E-state index in [1.807, 2.05) is 6.07 Å². The van der Waals surface area contributed by atoms with Crippen molar-refractivity contribution < 1.29 is 9.53 Å². The van der Waals surface area contributed by atoms with Gasteiger partial charge in [0.2, 0.25) is 11.9 Å². The normalized spacial score (nSPS) is 28.6. The number of nitrogens with one attached hydrogen (secondary N) is 2. The first-order valence-electron chi connectivity index (χ1n) is 10.3.